The maximum absolute atomic E-state index is 12.4. The molecular weight excluding hydrogens is 270 g/mol. The van der Waals surface area contributed by atoms with E-state index in [0.29, 0.717) is 11.8 Å². The van der Waals surface area contributed by atoms with Crippen LogP contribution in [0.2, 0.25) is 0 Å². The van der Waals surface area contributed by atoms with Crippen molar-refractivity contribution in [3.63, 3.8) is 0 Å². The standard InChI is InChI=1S/C16H21NO2S/c18-16(12-20-13-6-2-1-3-7-13)17-10-4-8-14(17)15-9-5-11-19-15/h1-3,6-7,14-15H,4-5,8-12H2/t14-,15+/m0/s1. The summed E-state index contributed by atoms with van der Waals surface area (Å²) >= 11 is 1.63. The minimum atomic E-state index is 0.261. The van der Waals surface area contributed by atoms with E-state index >= 15 is 0 Å². The third kappa shape index (κ3) is 3.18. The van der Waals surface area contributed by atoms with Gasteiger partial charge >= 0.3 is 0 Å². The minimum Gasteiger partial charge on any atom is -0.376 e. The number of hydrogen-bond acceptors (Lipinski definition) is 3. The lowest BCUT2D eigenvalue weighted by molar-refractivity contribution is -0.131. The van der Waals surface area contributed by atoms with E-state index in [0.717, 1.165) is 43.7 Å². The van der Waals surface area contributed by atoms with Crippen LogP contribution < -0.4 is 0 Å². The minimum absolute atomic E-state index is 0.261. The van der Waals surface area contributed by atoms with E-state index in [4.69, 9.17) is 4.74 Å². The Bertz CT molecular complexity index is 445. The van der Waals surface area contributed by atoms with Crippen LogP contribution in [0.15, 0.2) is 35.2 Å². The highest BCUT2D eigenvalue weighted by Gasteiger charge is 2.36. The lowest BCUT2D eigenvalue weighted by Crippen LogP contribution is -2.43. The SMILES string of the molecule is O=C(CSc1ccccc1)N1CCC[C@H]1[C@H]1CCCO1. The molecule has 2 aliphatic rings. The quantitative estimate of drug-likeness (QED) is 0.799. The van der Waals surface area contributed by atoms with Crippen molar-refractivity contribution in [3.05, 3.63) is 30.3 Å². The molecule has 2 saturated heterocycles. The molecule has 1 amide bonds. The van der Waals surface area contributed by atoms with Crippen molar-refractivity contribution in [2.45, 2.75) is 42.7 Å². The van der Waals surface area contributed by atoms with Crippen LogP contribution >= 0.6 is 11.8 Å². The number of carbonyl (C=O) groups excluding carboxylic acids is 1. The predicted molar refractivity (Wildman–Crippen MR) is 80.9 cm³/mol. The van der Waals surface area contributed by atoms with Crippen molar-refractivity contribution in [1.82, 2.24) is 4.90 Å². The van der Waals surface area contributed by atoms with Crippen LogP contribution in [0.5, 0.6) is 0 Å². The smallest absolute Gasteiger partial charge is 0.233 e. The molecule has 2 atom stereocenters. The van der Waals surface area contributed by atoms with E-state index in [1.165, 1.54) is 0 Å². The molecule has 0 unspecified atom stereocenters. The summed E-state index contributed by atoms with van der Waals surface area (Å²) in [5, 5.41) is 0. The molecule has 3 rings (SSSR count). The van der Waals surface area contributed by atoms with Gasteiger partial charge in [-0.05, 0) is 37.8 Å². The van der Waals surface area contributed by atoms with E-state index in [9.17, 15) is 4.79 Å². The molecule has 2 heterocycles. The zero-order chi connectivity index (χ0) is 13.8. The van der Waals surface area contributed by atoms with Crippen molar-refractivity contribution in [1.29, 1.82) is 0 Å². The van der Waals surface area contributed by atoms with Crippen LogP contribution in [0.4, 0.5) is 0 Å². The molecule has 108 valence electrons. The Kier molecular flexibility index (Phi) is 4.63. The first kappa shape index (κ1) is 14.0. The number of likely N-dealkylation sites (tertiary alicyclic amines) is 1. The molecule has 1 aromatic rings. The van der Waals surface area contributed by atoms with Crippen LogP contribution in [0.3, 0.4) is 0 Å². The summed E-state index contributed by atoms with van der Waals surface area (Å²) in [6.45, 7) is 1.76. The first-order valence-corrected chi connectivity index (χ1v) is 8.42. The molecule has 2 fully saturated rings. The van der Waals surface area contributed by atoms with Crippen molar-refractivity contribution >= 4 is 17.7 Å². The molecule has 3 nitrogen and oxygen atoms in total. The first-order valence-electron chi connectivity index (χ1n) is 7.43. The van der Waals surface area contributed by atoms with Gasteiger partial charge in [0.05, 0.1) is 17.9 Å². The number of thioether (sulfide) groups is 1. The Morgan fingerprint density at radius 2 is 2.10 bits per heavy atom. The zero-order valence-corrected chi connectivity index (χ0v) is 12.5. The zero-order valence-electron chi connectivity index (χ0n) is 11.7. The van der Waals surface area contributed by atoms with Gasteiger partial charge in [0.15, 0.2) is 0 Å². The molecule has 4 heteroatoms. The summed E-state index contributed by atoms with van der Waals surface area (Å²) in [5.41, 5.74) is 0. The van der Waals surface area contributed by atoms with E-state index in [-0.39, 0.29) is 12.0 Å². The van der Waals surface area contributed by atoms with Crippen LogP contribution in [-0.2, 0) is 9.53 Å². The van der Waals surface area contributed by atoms with Gasteiger partial charge in [-0.15, -0.1) is 11.8 Å². The van der Waals surface area contributed by atoms with Crippen molar-refractivity contribution in [2.75, 3.05) is 18.9 Å². The molecule has 1 aromatic carbocycles. The summed E-state index contributed by atoms with van der Waals surface area (Å²) in [6, 6.07) is 10.5. The maximum Gasteiger partial charge on any atom is 0.233 e. The predicted octanol–water partition coefficient (Wildman–Crippen LogP) is 2.95. The van der Waals surface area contributed by atoms with Gasteiger partial charge in [-0.2, -0.15) is 0 Å². The average Bonchev–Trinajstić information content (AvgIpc) is 3.15. The van der Waals surface area contributed by atoms with Crippen molar-refractivity contribution < 1.29 is 9.53 Å². The highest BCUT2D eigenvalue weighted by molar-refractivity contribution is 8.00. The van der Waals surface area contributed by atoms with Crippen molar-refractivity contribution in [3.8, 4) is 0 Å². The van der Waals surface area contributed by atoms with Gasteiger partial charge in [-0.25, -0.2) is 0 Å². The third-order valence-electron chi connectivity index (χ3n) is 4.12. The molecule has 0 aliphatic carbocycles. The Labute approximate surface area is 124 Å². The molecule has 0 bridgehead atoms. The molecule has 0 radical (unpaired) electrons. The van der Waals surface area contributed by atoms with Gasteiger partial charge in [-0.1, -0.05) is 18.2 Å². The highest BCUT2D eigenvalue weighted by atomic mass is 32.2. The summed E-state index contributed by atoms with van der Waals surface area (Å²) in [7, 11) is 0. The number of hydrogen-bond donors (Lipinski definition) is 0. The van der Waals surface area contributed by atoms with E-state index in [2.05, 4.69) is 17.0 Å². The second-order valence-electron chi connectivity index (χ2n) is 5.45. The normalized spacial score (nSPS) is 26.1. The van der Waals surface area contributed by atoms with Gasteiger partial charge in [0.25, 0.3) is 0 Å². The largest absolute Gasteiger partial charge is 0.376 e. The van der Waals surface area contributed by atoms with Gasteiger partial charge in [0.1, 0.15) is 0 Å². The van der Waals surface area contributed by atoms with Gasteiger partial charge < -0.3 is 9.64 Å². The topological polar surface area (TPSA) is 29.5 Å². The fourth-order valence-corrected chi connectivity index (χ4v) is 3.94. The lowest BCUT2D eigenvalue weighted by Gasteiger charge is -2.28. The first-order chi connectivity index (χ1) is 9.84. The molecule has 20 heavy (non-hydrogen) atoms. The number of rotatable bonds is 4. The summed E-state index contributed by atoms with van der Waals surface area (Å²) in [5.74, 6) is 0.796. The Balaban J connectivity index is 1.55. The van der Waals surface area contributed by atoms with Gasteiger partial charge in [-0.3, -0.25) is 4.79 Å². The number of benzene rings is 1. The lowest BCUT2D eigenvalue weighted by atomic mass is 10.1. The second kappa shape index (κ2) is 6.64. The monoisotopic (exact) mass is 291 g/mol. The number of nitrogens with zero attached hydrogens (tertiary/aromatic N) is 1. The fraction of sp³-hybridized carbons (Fsp3) is 0.562. The molecule has 0 aromatic heterocycles. The average molecular weight is 291 g/mol. The van der Waals surface area contributed by atoms with Gasteiger partial charge in [0.2, 0.25) is 5.91 Å². The Morgan fingerprint density at radius 3 is 2.85 bits per heavy atom. The van der Waals surface area contributed by atoms with E-state index in [1.807, 2.05) is 18.2 Å². The van der Waals surface area contributed by atoms with E-state index < -0.39 is 0 Å². The van der Waals surface area contributed by atoms with E-state index in [1.54, 1.807) is 11.8 Å². The summed E-state index contributed by atoms with van der Waals surface area (Å²) < 4.78 is 5.78. The van der Waals surface area contributed by atoms with Crippen LogP contribution in [0.25, 0.3) is 0 Å². The molecule has 2 aliphatic heterocycles. The summed E-state index contributed by atoms with van der Waals surface area (Å²) in [4.78, 5) is 15.7. The van der Waals surface area contributed by atoms with Crippen LogP contribution in [0.1, 0.15) is 25.7 Å². The number of amides is 1. The Morgan fingerprint density at radius 1 is 1.25 bits per heavy atom. The van der Waals surface area contributed by atoms with Crippen LogP contribution in [0, 0.1) is 0 Å². The molecule has 0 spiro atoms. The highest BCUT2D eigenvalue weighted by Crippen LogP contribution is 2.29. The third-order valence-corrected chi connectivity index (χ3v) is 5.12. The molecule has 0 N–H and O–H groups in total. The Hall–Kier alpha value is -1.00. The van der Waals surface area contributed by atoms with Crippen molar-refractivity contribution in [2.24, 2.45) is 0 Å². The van der Waals surface area contributed by atoms with Crippen LogP contribution in [-0.4, -0.2) is 41.9 Å². The molecular formula is C16H21NO2S. The maximum atomic E-state index is 12.4. The number of ether oxygens (including phenoxy) is 1. The summed E-state index contributed by atoms with van der Waals surface area (Å²) in [6.07, 6.45) is 4.75. The molecule has 0 saturated carbocycles. The second-order valence-corrected chi connectivity index (χ2v) is 6.50. The fourth-order valence-electron chi connectivity index (χ4n) is 3.14. The number of carbonyl (C=O) groups is 1. The van der Waals surface area contributed by atoms with Gasteiger partial charge in [0, 0.05) is 18.0 Å².